The Labute approximate surface area is 161 Å². The number of carbonyl (C=O) groups is 1. The van der Waals surface area contributed by atoms with Gasteiger partial charge in [0.05, 0.1) is 18.8 Å². The van der Waals surface area contributed by atoms with E-state index in [4.69, 9.17) is 4.52 Å². The molecule has 4 rings (SSSR count). The second-order valence-electron chi connectivity index (χ2n) is 6.58. The zero-order valence-electron chi connectivity index (χ0n) is 15.1. The van der Waals surface area contributed by atoms with Crippen LogP contribution in [0.1, 0.15) is 27.5 Å². The van der Waals surface area contributed by atoms with E-state index in [1.165, 1.54) is 5.56 Å². The van der Waals surface area contributed by atoms with E-state index in [2.05, 4.69) is 37.1 Å². The molecule has 140 valence electrons. The number of aryl methyl sites for hydroxylation is 1. The number of hydrogen-bond donors (Lipinski definition) is 1. The number of nitrogens with zero attached hydrogens (tertiary/aromatic N) is 4. The summed E-state index contributed by atoms with van der Waals surface area (Å²) in [7, 11) is 2.01. The van der Waals surface area contributed by atoms with Gasteiger partial charge in [-0.3, -0.25) is 9.69 Å². The van der Waals surface area contributed by atoms with E-state index >= 15 is 0 Å². The normalized spacial score (nSPS) is 13.1. The molecule has 1 N–H and O–H groups in total. The largest absolute Gasteiger partial charge is 0.359 e. The monoisotopic (exact) mass is 383 g/mol. The number of imidazole rings is 1. The van der Waals surface area contributed by atoms with E-state index < -0.39 is 0 Å². The highest BCUT2D eigenvalue weighted by Crippen LogP contribution is 2.24. The van der Waals surface area contributed by atoms with Gasteiger partial charge in [0, 0.05) is 31.1 Å². The Hall–Kier alpha value is -2.58. The minimum Gasteiger partial charge on any atom is -0.359 e. The second kappa shape index (κ2) is 7.98. The number of amides is 1. The van der Waals surface area contributed by atoms with Crippen molar-refractivity contribution in [1.82, 2.24) is 24.9 Å². The van der Waals surface area contributed by atoms with Crippen molar-refractivity contribution in [2.45, 2.75) is 31.3 Å². The van der Waals surface area contributed by atoms with Crippen LogP contribution in [0.4, 0.5) is 0 Å². The van der Waals surface area contributed by atoms with E-state index in [1.807, 2.05) is 31.4 Å². The van der Waals surface area contributed by atoms with Gasteiger partial charge in [0.2, 0.25) is 0 Å². The lowest BCUT2D eigenvalue weighted by atomic mass is 10.2. The molecule has 0 unspecified atom stereocenters. The molecular formula is C19H21N5O2S. The molecular weight excluding hydrogens is 362 g/mol. The van der Waals surface area contributed by atoms with E-state index in [0.29, 0.717) is 24.5 Å². The molecule has 1 aliphatic rings. The highest BCUT2D eigenvalue weighted by Gasteiger charge is 2.17. The van der Waals surface area contributed by atoms with Crippen LogP contribution in [-0.2, 0) is 26.2 Å². The fourth-order valence-corrected chi connectivity index (χ4v) is 3.98. The number of fused-ring (bicyclic) bond motifs is 1. The number of thioether (sulfide) groups is 1. The molecule has 27 heavy (non-hydrogen) atoms. The molecule has 0 atom stereocenters. The van der Waals surface area contributed by atoms with Crippen LogP contribution in [0.3, 0.4) is 0 Å². The van der Waals surface area contributed by atoms with Gasteiger partial charge in [0.25, 0.3) is 5.91 Å². The Balaban J connectivity index is 1.29. The van der Waals surface area contributed by atoms with Gasteiger partial charge in [0.15, 0.2) is 16.6 Å². The summed E-state index contributed by atoms with van der Waals surface area (Å²) in [6, 6.07) is 11.9. The predicted molar refractivity (Wildman–Crippen MR) is 102 cm³/mol. The van der Waals surface area contributed by atoms with Crippen LogP contribution in [-0.4, -0.2) is 38.3 Å². The van der Waals surface area contributed by atoms with Crippen LogP contribution in [0.15, 0.2) is 52.3 Å². The van der Waals surface area contributed by atoms with Gasteiger partial charge in [-0.05, 0) is 12.6 Å². The topological polar surface area (TPSA) is 76.2 Å². The van der Waals surface area contributed by atoms with Crippen molar-refractivity contribution in [3.05, 3.63) is 65.3 Å². The molecule has 0 radical (unpaired) electrons. The summed E-state index contributed by atoms with van der Waals surface area (Å²) in [4.78, 5) is 18.9. The van der Waals surface area contributed by atoms with E-state index in [1.54, 1.807) is 17.8 Å². The van der Waals surface area contributed by atoms with Crippen LogP contribution < -0.4 is 5.32 Å². The predicted octanol–water partition coefficient (Wildman–Crippen LogP) is 2.54. The van der Waals surface area contributed by atoms with Gasteiger partial charge in [0.1, 0.15) is 0 Å². The molecule has 0 saturated carbocycles. The zero-order chi connectivity index (χ0) is 18.6. The van der Waals surface area contributed by atoms with Gasteiger partial charge < -0.3 is 14.4 Å². The van der Waals surface area contributed by atoms with E-state index in [9.17, 15) is 4.79 Å². The van der Waals surface area contributed by atoms with Gasteiger partial charge in [-0.15, -0.1) is 0 Å². The maximum Gasteiger partial charge on any atom is 0.273 e. The molecule has 0 aliphatic carbocycles. The Bertz CT molecular complexity index is 900. The molecule has 3 heterocycles. The molecule has 0 bridgehead atoms. The maximum absolute atomic E-state index is 12.3. The van der Waals surface area contributed by atoms with E-state index in [-0.39, 0.29) is 5.91 Å². The van der Waals surface area contributed by atoms with Crippen molar-refractivity contribution >= 4 is 17.7 Å². The number of benzene rings is 1. The average molecular weight is 383 g/mol. The van der Waals surface area contributed by atoms with Crippen LogP contribution in [0, 0.1) is 0 Å². The molecule has 8 heteroatoms. The van der Waals surface area contributed by atoms with Crippen molar-refractivity contribution in [2.75, 3.05) is 12.8 Å². The first-order chi connectivity index (χ1) is 13.2. The van der Waals surface area contributed by atoms with Crippen LogP contribution in [0.25, 0.3) is 0 Å². The van der Waals surface area contributed by atoms with Crippen LogP contribution >= 0.6 is 11.8 Å². The lowest BCUT2D eigenvalue weighted by Crippen LogP contribution is -2.23. The Morgan fingerprint density at radius 1 is 1.33 bits per heavy atom. The molecule has 1 aromatic carbocycles. The first kappa shape index (κ1) is 17.8. The number of aromatic nitrogens is 3. The standard InChI is InChI=1S/C19H21N5O2S/c1-23(11-14-5-3-2-4-6-14)13-16-9-17(22-26-16)18(25)20-10-15-12-24-7-8-27-19(24)21-15/h2-6,9,12H,7-8,10-11,13H2,1H3,(H,20,25). The first-order valence-electron chi connectivity index (χ1n) is 8.82. The van der Waals surface area contributed by atoms with Gasteiger partial charge in [-0.2, -0.15) is 0 Å². The number of rotatable bonds is 7. The van der Waals surface area contributed by atoms with Crippen molar-refractivity contribution in [1.29, 1.82) is 0 Å². The van der Waals surface area contributed by atoms with Crippen molar-refractivity contribution in [3.63, 3.8) is 0 Å². The van der Waals surface area contributed by atoms with Gasteiger partial charge in [-0.25, -0.2) is 4.98 Å². The average Bonchev–Trinajstić information content (AvgIpc) is 3.36. The number of hydrogen-bond acceptors (Lipinski definition) is 6. The lowest BCUT2D eigenvalue weighted by Gasteiger charge is -2.14. The molecule has 3 aromatic rings. The molecule has 1 amide bonds. The minimum absolute atomic E-state index is 0.253. The molecule has 0 fully saturated rings. The maximum atomic E-state index is 12.3. The zero-order valence-corrected chi connectivity index (χ0v) is 15.9. The SMILES string of the molecule is CN(Cc1ccccc1)Cc1cc(C(=O)NCc2cn3c(n2)SCC3)no1. The summed E-state index contributed by atoms with van der Waals surface area (Å²) in [6.45, 7) is 2.74. The Morgan fingerprint density at radius 3 is 3.00 bits per heavy atom. The summed E-state index contributed by atoms with van der Waals surface area (Å²) in [5.41, 5.74) is 2.37. The third-order valence-corrected chi connectivity index (χ3v) is 5.27. The second-order valence-corrected chi connectivity index (χ2v) is 7.64. The fraction of sp³-hybridized carbons (Fsp3) is 0.316. The third kappa shape index (κ3) is 4.40. The van der Waals surface area contributed by atoms with E-state index in [0.717, 1.165) is 29.7 Å². The highest BCUT2D eigenvalue weighted by atomic mass is 32.2. The summed E-state index contributed by atoms with van der Waals surface area (Å²) in [5, 5.41) is 7.76. The lowest BCUT2D eigenvalue weighted by molar-refractivity contribution is 0.0941. The van der Waals surface area contributed by atoms with Crippen molar-refractivity contribution < 1.29 is 9.32 Å². The number of carbonyl (C=O) groups excluding carboxylic acids is 1. The Kier molecular flexibility index (Phi) is 5.26. The molecule has 7 nitrogen and oxygen atoms in total. The van der Waals surface area contributed by atoms with Crippen LogP contribution in [0.5, 0.6) is 0 Å². The summed E-state index contributed by atoms with van der Waals surface area (Å²) < 4.78 is 7.43. The van der Waals surface area contributed by atoms with Crippen molar-refractivity contribution in [2.24, 2.45) is 0 Å². The van der Waals surface area contributed by atoms with Crippen molar-refractivity contribution in [3.8, 4) is 0 Å². The quantitative estimate of drug-likeness (QED) is 0.676. The highest BCUT2D eigenvalue weighted by molar-refractivity contribution is 7.99. The fourth-order valence-electron chi connectivity index (χ4n) is 3.02. The third-order valence-electron chi connectivity index (χ3n) is 4.30. The molecule has 0 saturated heterocycles. The van der Waals surface area contributed by atoms with Gasteiger partial charge in [-0.1, -0.05) is 47.3 Å². The van der Waals surface area contributed by atoms with Crippen LogP contribution in [0.2, 0.25) is 0 Å². The summed E-state index contributed by atoms with van der Waals surface area (Å²) in [6.07, 6.45) is 1.99. The smallest absolute Gasteiger partial charge is 0.273 e. The molecule has 1 aliphatic heterocycles. The van der Waals surface area contributed by atoms with Gasteiger partial charge >= 0.3 is 0 Å². The Morgan fingerprint density at radius 2 is 2.19 bits per heavy atom. The molecule has 0 spiro atoms. The summed E-state index contributed by atoms with van der Waals surface area (Å²) >= 11 is 1.74. The number of nitrogens with one attached hydrogen (secondary N) is 1. The summed E-state index contributed by atoms with van der Waals surface area (Å²) in [5.74, 6) is 1.47. The first-order valence-corrected chi connectivity index (χ1v) is 9.81. The minimum atomic E-state index is -0.253. The molecule has 2 aromatic heterocycles.